The molecule has 0 aromatic heterocycles. The Balaban J connectivity index is 1.59. The van der Waals surface area contributed by atoms with Crippen molar-refractivity contribution in [2.24, 2.45) is 5.41 Å². The highest BCUT2D eigenvalue weighted by Crippen LogP contribution is 2.56. The summed E-state index contributed by atoms with van der Waals surface area (Å²) in [5.74, 6) is -1.04. The van der Waals surface area contributed by atoms with Gasteiger partial charge in [0.2, 0.25) is 5.91 Å². The van der Waals surface area contributed by atoms with Gasteiger partial charge in [-0.05, 0) is 36.3 Å². The van der Waals surface area contributed by atoms with E-state index >= 15 is 0 Å². The third-order valence-electron chi connectivity index (χ3n) is 4.97. The molecular formula is C17H21NO3. The lowest BCUT2D eigenvalue weighted by Gasteiger charge is -2.22. The smallest absolute Gasteiger partial charge is 0.335 e. The molecule has 0 heterocycles. The second-order valence-electron chi connectivity index (χ2n) is 6.39. The van der Waals surface area contributed by atoms with E-state index in [9.17, 15) is 9.59 Å². The molecule has 1 aromatic carbocycles. The number of nitrogens with one attached hydrogen (secondary N) is 1. The molecule has 2 aliphatic rings. The van der Waals surface area contributed by atoms with Crippen LogP contribution in [0, 0.1) is 5.41 Å². The number of amides is 1. The van der Waals surface area contributed by atoms with E-state index in [0.29, 0.717) is 17.0 Å². The molecule has 1 spiro atoms. The Morgan fingerprint density at radius 2 is 1.90 bits per heavy atom. The standard InChI is InChI=1S/C17H21NO3/c19-15(10-12-6-2-3-7-13(12)16(20)21)18-14-11-17(14)8-4-1-5-9-17/h2-3,6-7,14H,1,4-5,8-11H2,(H,18,19)(H,20,21)/t14-/m0/s1. The van der Waals surface area contributed by atoms with Crippen molar-refractivity contribution in [3.05, 3.63) is 35.4 Å². The average Bonchev–Trinajstić information content (AvgIpc) is 3.11. The summed E-state index contributed by atoms with van der Waals surface area (Å²) in [6, 6.07) is 7.02. The zero-order valence-electron chi connectivity index (χ0n) is 12.1. The number of carboxylic acids is 1. The molecule has 2 N–H and O–H groups in total. The zero-order valence-corrected chi connectivity index (χ0v) is 12.1. The molecule has 0 saturated heterocycles. The average molecular weight is 287 g/mol. The highest BCUT2D eigenvalue weighted by atomic mass is 16.4. The summed E-state index contributed by atoms with van der Waals surface area (Å²) in [4.78, 5) is 23.3. The van der Waals surface area contributed by atoms with Gasteiger partial charge in [0, 0.05) is 6.04 Å². The minimum absolute atomic E-state index is 0.0591. The Hall–Kier alpha value is -1.84. The maximum Gasteiger partial charge on any atom is 0.335 e. The first-order valence-corrected chi connectivity index (χ1v) is 7.71. The van der Waals surface area contributed by atoms with Gasteiger partial charge in [-0.3, -0.25) is 4.79 Å². The fourth-order valence-electron chi connectivity index (χ4n) is 3.66. The molecule has 4 nitrogen and oxygen atoms in total. The lowest BCUT2D eigenvalue weighted by molar-refractivity contribution is -0.120. The van der Waals surface area contributed by atoms with Crippen LogP contribution in [0.5, 0.6) is 0 Å². The molecule has 1 amide bonds. The van der Waals surface area contributed by atoms with Crippen LogP contribution in [-0.2, 0) is 11.2 Å². The number of benzene rings is 1. The monoisotopic (exact) mass is 287 g/mol. The van der Waals surface area contributed by atoms with Crippen molar-refractivity contribution in [3.8, 4) is 0 Å². The van der Waals surface area contributed by atoms with Crippen LogP contribution < -0.4 is 5.32 Å². The lowest BCUT2D eigenvalue weighted by Crippen LogP contribution is -2.32. The molecule has 2 saturated carbocycles. The molecule has 0 bridgehead atoms. The predicted octanol–water partition coefficient (Wildman–Crippen LogP) is 2.77. The van der Waals surface area contributed by atoms with Crippen LogP contribution >= 0.6 is 0 Å². The molecule has 21 heavy (non-hydrogen) atoms. The number of hydrogen-bond acceptors (Lipinski definition) is 2. The van der Waals surface area contributed by atoms with Gasteiger partial charge in [0.15, 0.2) is 0 Å². The summed E-state index contributed by atoms with van der Waals surface area (Å²) in [5, 5.41) is 12.2. The number of carbonyl (C=O) groups is 2. The van der Waals surface area contributed by atoms with Gasteiger partial charge < -0.3 is 10.4 Å². The van der Waals surface area contributed by atoms with Crippen LogP contribution in [0.25, 0.3) is 0 Å². The Kier molecular flexibility index (Phi) is 3.70. The maximum absolute atomic E-state index is 12.2. The SMILES string of the molecule is O=C(Cc1ccccc1C(=O)O)N[C@H]1CC12CCCCC2. The molecule has 3 rings (SSSR count). The molecule has 1 aromatic rings. The number of carbonyl (C=O) groups excluding carboxylic acids is 1. The normalized spacial score (nSPS) is 22.8. The zero-order chi connectivity index (χ0) is 14.9. The van der Waals surface area contributed by atoms with E-state index in [1.807, 2.05) is 0 Å². The molecule has 2 fully saturated rings. The molecule has 112 valence electrons. The largest absolute Gasteiger partial charge is 0.478 e. The van der Waals surface area contributed by atoms with Crippen LogP contribution in [0.1, 0.15) is 54.4 Å². The molecule has 0 unspecified atom stereocenters. The molecule has 4 heteroatoms. The van der Waals surface area contributed by atoms with E-state index in [0.717, 1.165) is 6.42 Å². The summed E-state index contributed by atoms with van der Waals surface area (Å²) in [6.45, 7) is 0. The van der Waals surface area contributed by atoms with Crippen molar-refractivity contribution >= 4 is 11.9 Å². The van der Waals surface area contributed by atoms with Crippen LogP contribution in [0.4, 0.5) is 0 Å². The van der Waals surface area contributed by atoms with Crippen molar-refractivity contribution in [1.82, 2.24) is 5.32 Å². The van der Waals surface area contributed by atoms with Crippen molar-refractivity contribution in [2.75, 3.05) is 0 Å². The van der Waals surface area contributed by atoms with E-state index < -0.39 is 5.97 Å². The predicted molar refractivity (Wildman–Crippen MR) is 79.2 cm³/mol. The topological polar surface area (TPSA) is 66.4 Å². The van der Waals surface area contributed by atoms with Gasteiger partial charge in [-0.25, -0.2) is 4.79 Å². The Labute approximate surface area is 124 Å². The van der Waals surface area contributed by atoms with E-state index in [1.165, 1.54) is 32.1 Å². The Morgan fingerprint density at radius 3 is 2.62 bits per heavy atom. The van der Waals surface area contributed by atoms with Gasteiger partial charge in [-0.15, -0.1) is 0 Å². The van der Waals surface area contributed by atoms with E-state index in [1.54, 1.807) is 24.3 Å². The first kappa shape index (κ1) is 14.1. The minimum Gasteiger partial charge on any atom is -0.478 e. The van der Waals surface area contributed by atoms with E-state index in [2.05, 4.69) is 5.32 Å². The van der Waals surface area contributed by atoms with Gasteiger partial charge in [0.1, 0.15) is 0 Å². The fraction of sp³-hybridized carbons (Fsp3) is 0.529. The third-order valence-corrected chi connectivity index (χ3v) is 4.97. The van der Waals surface area contributed by atoms with Gasteiger partial charge in [0.25, 0.3) is 0 Å². The fourth-order valence-corrected chi connectivity index (χ4v) is 3.66. The van der Waals surface area contributed by atoms with Crippen molar-refractivity contribution < 1.29 is 14.7 Å². The van der Waals surface area contributed by atoms with Crippen LogP contribution in [0.3, 0.4) is 0 Å². The lowest BCUT2D eigenvalue weighted by atomic mass is 9.86. The van der Waals surface area contributed by atoms with Gasteiger partial charge in [-0.1, -0.05) is 37.5 Å². The van der Waals surface area contributed by atoms with Crippen LogP contribution in [-0.4, -0.2) is 23.0 Å². The Bertz CT molecular complexity index is 561. The van der Waals surface area contributed by atoms with Crippen LogP contribution in [0.2, 0.25) is 0 Å². The molecular weight excluding hydrogens is 266 g/mol. The van der Waals surface area contributed by atoms with Gasteiger partial charge in [0.05, 0.1) is 12.0 Å². The second kappa shape index (κ2) is 5.51. The molecule has 0 aliphatic heterocycles. The number of rotatable bonds is 4. The van der Waals surface area contributed by atoms with E-state index in [4.69, 9.17) is 5.11 Å². The summed E-state index contributed by atoms with van der Waals surface area (Å²) >= 11 is 0. The maximum atomic E-state index is 12.2. The number of aromatic carboxylic acids is 1. The van der Waals surface area contributed by atoms with Crippen molar-refractivity contribution in [2.45, 2.75) is 51.0 Å². The minimum atomic E-state index is -0.978. The highest BCUT2D eigenvalue weighted by molar-refractivity contribution is 5.91. The molecule has 1 atom stereocenters. The van der Waals surface area contributed by atoms with Gasteiger partial charge >= 0.3 is 5.97 Å². The number of carboxylic acid groups (broad SMARTS) is 1. The van der Waals surface area contributed by atoms with Gasteiger partial charge in [-0.2, -0.15) is 0 Å². The second-order valence-corrected chi connectivity index (χ2v) is 6.39. The summed E-state index contributed by atoms with van der Waals surface area (Å²) in [5.41, 5.74) is 1.16. The third kappa shape index (κ3) is 2.94. The van der Waals surface area contributed by atoms with Crippen LogP contribution in [0.15, 0.2) is 24.3 Å². The summed E-state index contributed by atoms with van der Waals surface area (Å²) < 4.78 is 0. The quantitative estimate of drug-likeness (QED) is 0.895. The van der Waals surface area contributed by atoms with Crippen molar-refractivity contribution in [3.63, 3.8) is 0 Å². The number of hydrogen-bond donors (Lipinski definition) is 2. The Morgan fingerprint density at radius 1 is 1.19 bits per heavy atom. The van der Waals surface area contributed by atoms with E-state index in [-0.39, 0.29) is 17.9 Å². The summed E-state index contributed by atoms with van der Waals surface area (Å²) in [6.07, 6.45) is 7.55. The highest BCUT2D eigenvalue weighted by Gasteiger charge is 2.54. The molecule has 0 radical (unpaired) electrons. The molecule has 2 aliphatic carbocycles. The summed E-state index contributed by atoms with van der Waals surface area (Å²) in [7, 11) is 0. The first-order valence-electron chi connectivity index (χ1n) is 7.71. The van der Waals surface area contributed by atoms with Crippen molar-refractivity contribution in [1.29, 1.82) is 0 Å². The first-order chi connectivity index (χ1) is 10.1.